The first-order chi connectivity index (χ1) is 9.68. The minimum atomic E-state index is -0.188. The summed E-state index contributed by atoms with van der Waals surface area (Å²) in [5.74, 6) is 0.975. The standard InChI is InChI=1S/C15H16N2O2S/c1-11-13(18)17(10-12-6-3-2-4-7-12)15(19)16-8-5-9-20-14(11)16/h2-4,6-7H,5,8-10H2,1H3. The van der Waals surface area contributed by atoms with Crippen molar-refractivity contribution in [2.75, 3.05) is 5.75 Å². The van der Waals surface area contributed by atoms with Gasteiger partial charge in [0.25, 0.3) is 5.56 Å². The Morgan fingerprint density at radius 1 is 1.20 bits per heavy atom. The fourth-order valence-electron chi connectivity index (χ4n) is 2.50. The van der Waals surface area contributed by atoms with Gasteiger partial charge in [-0.15, -0.1) is 11.8 Å². The fourth-order valence-corrected chi connectivity index (χ4v) is 3.59. The first-order valence-electron chi connectivity index (χ1n) is 6.69. The molecule has 0 unspecified atom stereocenters. The molecule has 3 rings (SSSR count). The highest BCUT2D eigenvalue weighted by Crippen LogP contribution is 2.24. The van der Waals surface area contributed by atoms with E-state index in [-0.39, 0.29) is 11.2 Å². The summed E-state index contributed by atoms with van der Waals surface area (Å²) in [7, 11) is 0. The van der Waals surface area contributed by atoms with Crippen molar-refractivity contribution in [3.05, 3.63) is 62.3 Å². The minimum Gasteiger partial charge on any atom is -0.288 e. The van der Waals surface area contributed by atoms with Crippen LogP contribution in [0.3, 0.4) is 0 Å². The molecule has 0 atom stereocenters. The highest BCUT2D eigenvalue weighted by atomic mass is 32.2. The maximum Gasteiger partial charge on any atom is 0.332 e. The zero-order valence-corrected chi connectivity index (χ0v) is 12.2. The van der Waals surface area contributed by atoms with E-state index in [0.717, 1.165) is 22.8 Å². The topological polar surface area (TPSA) is 44.0 Å². The lowest BCUT2D eigenvalue weighted by Gasteiger charge is -2.21. The number of nitrogens with zero attached hydrogens (tertiary/aromatic N) is 2. The maximum atomic E-state index is 12.5. The van der Waals surface area contributed by atoms with Gasteiger partial charge in [0.15, 0.2) is 0 Å². The Hall–Kier alpha value is -1.75. The van der Waals surface area contributed by atoms with Gasteiger partial charge in [-0.1, -0.05) is 30.3 Å². The molecule has 0 amide bonds. The molecule has 1 aromatic carbocycles. The summed E-state index contributed by atoms with van der Waals surface area (Å²) in [6.45, 7) is 2.86. The smallest absolute Gasteiger partial charge is 0.288 e. The molecule has 0 fully saturated rings. The SMILES string of the molecule is Cc1c2n(c(=O)n(Cc3ccccc3)c1=O)CCCS2. The van der Waals surface area contributed by atoms with Gasteiger partial charge in [-0.2, -0.15) is 0 Å². The molecule has 20 heavy (non-hydrogen) atoms. The van der Waals surface area contributed by atoms with Gasteiger partial charge in [0.05, 0.1) is 11.6 Å². The van der Waals surface area contributed by atoms with Gasteiger partial charge in [-0.05, 0) is 18.9 Å². The van der Waals surface area contributed by atoms with Crippen LogP contribution in [0, 0.1) is 6.92 Å². The Bertz CT molecular complexity index is 747. The lowest BCUT2D eigenvalue weighted by Crippen LogP contribution is -2.43. The molecular formula is C15H16N2O2S. The van der Waals surface area contributed by atoms with Crippen molar-refractivity contribution < 1.29 is 0 Å². The Morgan fingerprint density at radius 3 is 2.70 bits per heavy atom. The van der Waals surface area contributed by atoms with Crippen molar-refractivity contribution in [2.45, 2.75) is 31.5 Å². The molecule has 0 bridgehead atoms. The molecule has 1 aromatic heterocycles. The van der Waals surface area contributed by atoms with Crippen molar-refractivity contribution in [3.8, 4) is 0 Å². The Balaban J connectivity index is 2.14. The molecular weight excluding hydrogens is 272 g/mol. The molecule has 0 radical (unpaired) electrons. The number of aromatic nitrogens is 2. The normalized spacial score (nSPS) is 14.1. The second-order valence-corrected chi connectivity index (χ2v) is 6.03. The predicted molar refractivity (Wildman–Crippen MR) is 80.6 cm³/mol. The summed E-state index contributed by atoms with van der Waals surface area (Å²) >= 11 is 1.61. The first kappa shape index (κ1) is 13.2. The number of benzene rings is 1. The van der Waals surface area contributed by atoms with Crippen LogP contribution in [0.1, 0.15) is 17.5 Å². The van der Waals surface area contributed by atoms with Crippen molar-refractivity contribution >= 4 is 11.8 Å². The van der Waals surface area contributed by atoms with E-state index in [1.807, 2.05) is 37.3 Å². The molecule has 0 saturated carbocycles. The number of hydrogen-bond donors (Lipinski definition) is 0. The van der Waals surface area contributed by atoms with Crippen LogP contribution in [-0.2, 0) is 13.1 Å². The van der Waals surface area contributed by atoms with Gasteiger partial charge in [-0.25, -0.2) is 4.79 Å². The van der Waals surface area contributed by atoms with E-state index in [4.69, 9.17) is 0 Å². The zero-order valence-electron chi connectivity index (χ0n) is 11.3. The lowest BCUT2D eigenvalue weighted by atomic mass is 10.2. The maximum absolute atomic E-state index is 12.5. The Kier molecular flexibility index (Phi) is 3.53. The van der Waals surface area contributed by atoms with E-state index in [2.05, 4.69) is 0 Å². The summed E-state index contributed by atoms with van der Waals surface area (Å²) in [6, 6.07) is 9.62. The van der Waals surface area contributed by atoms with Gasteiger partial charge in [0.2, 0.25) is 0 Å². The summed E-state index contributed by atoms with van der Waals surface area (Å²) in [4.78, 5) is 24.9. The number of fused-ring (bicyclic) bond motifs is 1. The van der Waals surface area contributed by atoms with Crippen molar-refractivity contribution in [1.82, 2.24) is 9.13 Å². The molecule has 4 nitrogen and oxygen atoms in total. The molecule has 104 valence electrons. The quantitative estimate of drug-likeness (QED) is 0.792. The van der Waals surface area contributed by atoms with Crippen LogP contribution in [-0.4, -0.2) is 14.9 Å². The summed E-state index contributed by atoms with van der Waals surface area (Å²) in [5, 5.41) is 0.843. The molecule has 2 aromatic rings. The molecule has 1 aliphatic rings. The molecule has 0 N–H and O–H groups in total. The largest absolute Gasteiger partial charge is 0.332 e. The van der Waals surface area contributed by atoms with Gasteiger partial charge < -0.3 is 0 Å². The third kappa shape index (κ3) is 2.22. The number of rotatable bonds is 2. The van der Waals surface area contributed by atoms with Crippen molar-refractivity contribution in [2.24, 2.45) is 0 Å². The van der Waals surface area contributed by atoms with Crippen LogP contribution in [0.2, 0.25) is 0 Å². The highest BCUT2D eigenvalue weighted by molar-refractivity contribution is 7.99. The third-order valence-corrected chi connectivity index (χ3v) is 4.83. The van der Waals surface area contributed by atoms with E-state index in [1.54, 1.807) is 16.3 Å². The number of hydrogen-bond acceptors (Lipinski definition) is 3. The van der Waals surface area contributed by atoms with Gasteiger partial charge in [0.1, 0.15) is 0 Å². The number of thioether (sulfide) groups is 1. The molecule has 2 heterocycles. The molecule has 0 aliphatic carbocycles. The van der Waals surface area contributed by atoms with E-state index in [0.29, 0.717) is 18.7 Å². The van der Waals surface area contributed by atoms with Gasteiger partial charge in [-0.3, -0.25) is 13.9 Å². The van der Waals surface area contributed by atoms with Crippen LogP contribution in [0.5, 0.6) is 0 Å². The van der Waals surface area contributed by atoms with Crippen LogP contribution < -0.4 is 11.2 Å². The highest BCUT2D eigenvalue weighted by Gasteiger charge is 2.19. The van der Waals surface area contributed by atoms with E-state index >= 15 is 0 Å². The lowest BCUT2D eigenvalue weighted by molar-refractivity contribution is 0.515. The van der Waals surface area contributed by atoms with Gasteiger partial charge >= 0.3 is 5.69 Å². The van der Waals surface area contributed by atoms with Crippen molar-refractivity contribution in [1.29, 1.82) is 0 Å². The average Bonchev–Trinajstić information content (AvgIpc) is 2.50. The van der Waals surface area contributed by atoms with E-state index < -0.39 is 0 Å². The molecule has 0 saturated heterocycles. The van der Waals surface area contributed by atoms with Crippen LogP contribution in [0.4, 0.5) is 0 Å². The molecule has 5 heteroatoms. The zero-order chi connectivity index (χ0) is 14.1. The predicted octanol–water partition coefficient (Wildman–Crippen LogP) is 1.86. The van der Waals surface area contributed by atoms with Crippen LogP contribution >= 0.6 is 11.8 Å². The van der Waals surface area contributed by atoms with Crippen LogP contribution in [0.15, 0.2) is 44.9 Å². The second kappa shape index (κ2) is 5.32. The third-order valence-electron chi connectivity index (χ3n) is 3.54. The van der Waals surface area contributed by atoms with Crippen molar-refractivity contribution in [3.63, 3.8) is 0 Å². The molecule has 0 spiro atoms. The van der Waals surface area contributed by atoms with E-state index in [1.165, 1.54) is 4.57 Å². The fraction of sp³-hybridized carbons (Fsp3) is 0.333. The van der Waals surface area contributed by atoms with Crippen LogP contribution in [0.25, 0.3) is 0 Å². The second-order valence-electron chi connectivity index (χ2n) is 4.94. The summed E-state index contributed by atoms with van der Waals surface area (Å²) < 4.78 is 3.09. The first-order valence-corrected chi connectivity index (χ1v) is 7.68. The summed E-state index contributed by atoms with van der Waals surface area (Å²) in [5.41, 5.74) is 1.30. The average molecular weight is 288 g/mol. The van der Waals surface area contributed by atoms with E-state index in [9.17, 15) is 9.59 Å². The monoisotopic (exact) mass is 288 g/mol. The molecule has 1 aliphatic heterocycles. The Labute approximate surface area is 121 Å². The van der Waals surface area contributed by atoms with Gasteiger partial charge in [0, 0.05) is 17.9 Å². The summed E-state index contributed by atoms with van der Waals surface area (Å²) in [6.07, 6.45) is 0.973. The minimum absolute atomic E-state index is 0.167. The Morgan fingerprint density at radius 2 is 1.95 bits per heavy atom.